The molecule has 0 aliphatic rings. The van der Waals surface area contributed by atoms with Crippen LogP contribution in [0.15, 0.2) is 0 Å². The topological polar surface area (TPSA) is 121 Å². The Hall–Kier alpha value is -1.79. The van der Waals surface area contributed by atoms with Gasteiger partial charge in [-0.1, -0.05) is 0 Å². The van der Waals surface area contributed by atoms with Crippen LogP contribution in [0, 0.1) is 0 Å². The fourth-order valence-electron chi connectivity index (χ4n) is 0.123. The SMILES string of the molecule is CCOC(=O)O.O=C(O)C(=O)O. The number of aliphatic carboxylic acids is 2. The molecule has 0 aromatic carbocycles. The van der Waals surface area contributed by atoms with Crippen molar-refractivity contribution in [1.29, 1.82) is 0 Å². The van der Waals surface area contributed by atoms with E-state index in [1.165, 1.54) is 0 Å². The third-order valence-corrected chi connectivity index (χ3v) is 0.451. The molecule has 0 bridgehead atoms. The minimum absolute atomic E-state index is 0.231. The zero-order valence-electron chi connectivity index (χ0n) is 6.18. The van der Waals surface area contributed by atoms with Crippen molar-refractivity contribution in [2.45, 2.75) is 6.92 Å². The van der Waals surface area contributed by atoms with Gasteiger partial charge >= 0.3 is 18.1 Å². The van der Waals surface area contributed by atoms with Crippen LogP contribution in [0.1, 0.15) is 6.92 Å². The van der Waals surface area contributed by atoms with Crippen molar-refractivity contribution in [2.75, 3.05) is 6.61 Å². The van der Waals surface area contributed by atoms with Crippen molar-refractivity contribution in [1.82, 2.24) is 0 Å². The van der Waals surface area contributed by atoms with Gasteiger partial charge in [-0.2, -0.15) is 0 Å². The zero-order chi connectivity index (χ0) is 10.1. The molecule has 3 N–H and O–H groups in total. The highest BCUT2D eigenvalue weighted by atomic mass is 16.7. The van der Waals surface area contributed by atoms with Gasteiger partial charge < -0.3 is 20.1 Å². The molecule has 0 aromatic heterocycles. The summed E-state index contributed by atoms with van der Waals surface area (Å²) in [5.41, 5.74) is 0. The Balaban J connectivity index is 0. The van der Waals surface area contributed by atoms with Crippen LogP contribution in [0.25, 0.3) is 0 Å². The molecule has 0 saturated carbocycles. The molecule has 0 spiro atoms. The molecule has 70 valence electrons. The lowest BCUT2D eigenvalue weighted by Crippen LogP contribution is -2.09. The highest BCUT2D eigenvalue weighted by molar-refractivity contribution is 6.27. The molecule has 0 atom stereocenters. The summed E-state index contributed by atoms with van der Waals surface area (Å²) in [6.07, 6.45) is -1.21. The molecule has 0 unspecified atom stereocenters. The van der Waals surface area contributed by atoms with Gasteiger partial charge in [0, 0.05) is 0 Å². The second-order valence-corrected chi connectivity index (χ2v) is 1.31. The molecule has 0 aliphatic heterocycles. The Morgan fingerprint density at radius 2 is 1.42 bits per heavy atom. The normalized spacial score (nSPS) is 7.42. The summed E-state index contributed by atoms with van der Waals surface area (Å²) in [7, 11) is 0. The molecule has 12 heavy (non-hydrogen) atoms. The summed E-state index contributed by atoms with van der Waals surface area (Å²) in [6, 6.07) is 0. The molecule has 0 radical (unpaired) electrons. The number of hydrogen-bond acceptors (Lipinski definition) is 4. The Labute approximate surface area is 67.2 Å². The van der Waals surface area contributed by atoms with E-state index in [0.29, 0.717) is 0 Å². The van der Waals surface area contributed by atoms with Crippen molar-refractivity contribution in [3.63, 3.8) is 0 Å². The maximum atomic E-state index is 9.38. The van der Waals surface area contributed by atoms with Gasteiger partial charge in [0.2, 0.25) is 0 Å². The summed E-state index contributed by atoms with van der Waals surface area (Å²) in [5.74, 6) is -3.65. The quantitative estimate of drug-likeness (QED) is 0.379. The summed E-state index contributed by atoms with van der Waals surface area (Å²) in [4.78, 5) is 27.6. The monoisotopic (exact) mass is 180 g/mol. The van der Waals surface area contributed by atoms with E-state index in [2.05, 4.69) is 4.74 Å². The average molecular weight is 180 g/mol. The Kier molecular flexibility index (Phi) is 7.84. The minimum atomic E-state index is -1.82. The van der Waals surface area contributed by atoms with E-state index in [-0.39, 0.29) is 6.61 Å². The zero-order valence-corrected chi connectivity index (χ0v) is 6.18. The van der Waals surface area contributed by atoms with Crippen LogP contribution in [0.4, 0.5) is 4.79 Å². The van der Waals surface area contributed by atoms with E-state index in [0.717, 1.165) is 0 Å². The number of carboxylic acids is 2. The molecule has 0 fully saturated rings. The van der Waals surface area contributed by atoms with Gasteiger partial charge in [-0.25, -0.2) is 14.4 Å². The molecule has 0 amide bonds. The van der Waals surface area contributed by atoms with Gasteiger partial charge in [-0.3, -0.25) is 0 Å². The van der Waals surface area contributed by atoms with Crippen LogP contribution in [0.3, 0.4) is 0 Å². The first-order valence-electron chi connectivity index (χ1n) is 2.73. The Bertz CT molecular complexity index is 161. The lowest BCUT2D eigenvalue weighted by Gasteiger charge is -1.87. The molecular formula is C5H8O7. The molecule has 7 heteroatoms. The van der Waals surface area contributed by atoms with Crippen LogP contribution >= 0.6 is 0 Å². The smallest absolute Gasteiger partial charge is 0.473 e. The van der Waals surface area contributed by atoms with Crippen molar-refractivity contribution in [3.8, 4) is 0 Å². The molecule has 0 aliphatic carbocycles. The molecule has 0 heterocycles. The van der Waals surface area contributed by atoms with Gasteiger partial charge in [0.15, 0.2) is 0 Å². The fourth-order valence-corrected chi connectivity index (χ4v) is 0.123. The minimum Gasteiger partial charge on any atom is -0.473 e. The fraction of sp³-hybridized carbons (Fsp3) is 0.400. The number of carboxylic acid groups (broad SMARTS) is 3. The number of rotatable bonds is 1. The van der Waals surface area contributed by atoms with Gasteiger partial charge in [-0.05, 0) is 6.92 Å². The van der Waals surface area contributed by atoms with E-state index in [9.17, 15) is 4.79 Å². The first-order valence-corrected chi connectivity index (χ1v) is 2.73. The van der Waals surface area contributed by atoms with Crippen molar-refractivity contribution < 1.29 is 34.4 Å². The van der Waals surface area contributed by atoms with E-state index in [4.69, 9.17) is 24.9 Å². The number of hydrogen-bond donors (Lipinski definition) is 3. The van der Waals surface area contributed by atoms with E-state index >= 15 is 0 Å². The molecular weight excluding hydrogens is 172 g/mol. The molecule has 7 nitrogen and oxygen atoms in total. The van der Waals surface area contributed by atoms with Gasteiger partial charge in [0.1, 0.15) is 0 Å². The lowest BCUT2D eigenvalue weighted by molar-refractivity contribution is -0.159. The average Bonchev–Trinajstić information content (AvgIpc) is 1.87. The Morgan fingerprint density at radius 3 is 1.42 bits per heavy atom. The highest BCUT2D eigenvalue weighted by Crippen LogP contribution is 1.69. The second kappa shape index (κ2) is 7.32. The number of carbonyl (C=O) groups is 3. The number of ether oxygens (including phenoxy) is 1. The first kappa shape index (κ1) is 12.8. The van der Waals surface area contributed by atoms with Gasteiger partial charge in [0.25, 0.3) is 0 Å². The third-order valence-electron chi connectivity index (χ3n) is 0.451. The van der Waals surface area contributed by atoms with Crippen LogP contribution < -0.4 is 0 Å². The molecule has 0 rings (SSSR count). The highest BCUT2D eigenvalue weighted by Gasteiger charge is 2.04. The standard InChI is InChI=1S/C3H6O3.C2H2O4/c1-2-6-3(4)5;3-1(4)2(5)6/h2H2,1H3,(H,4,5);(H,3,4)(H,5,6). The third kappa shape index (κ3) is 15.7. The largest absolute Gasteiger partial charge is 0.505 e. The lowest BCUT2D eigenvalue weighted by atomic mass is 10.7. The maximum Gasteiger partial charge on any atom is 0.505 e. The van der Waals surface area contributed by atoms with E-state index in [1.54, 1.807) is 6.92 Å². The second-order valence-electron chi connectivity index (χ2n) is 1.31. The summed E-state index contributed by atoms with van der Waals surface area (Å²) in [6.45, 7) is 1.85. The van der Waals surface area contributed by atoms with E-state index in [1.807, 2.05) is 0 Å². The van der Waals surface area contributed by atoms with Crippen LogP contribution in [-0.2, 0) is 14.3 Å². The molecule has 0 aromatic rings. The Morgan fingerprint density at radius 1 is 1.08 bits per heavy atom. The molecule has 0 saturated heterocycles. The summed E-state index contributed by atoms with van der Waals surface area (Å²) in [5, 5.41) is 22.5. The summed E-state index contributed by atoms with van der Waals surface area (Å²) >= 11 is 0. The van der Waals surface area contributed by atoms with Gasteiger partial charge in [0.05, 0.1) is 6.61 Å². The first-order chi connectivity index (χ1) is 5.41. The van der Waals surface area contributed by atoms with Crippen molar-refractivity contribution >= 4 is 18.1 Å². The predicted octanol–water partition coefficient (Wildman–Crippen LogP) is -0.143. The maximum absolute atomic E-state index is 9.38. The predicted molar refractivity (Wildman–Crippen MR) is 34.9 cm³/mol. The van der Waals surface area contributed by atoms with E-state index < -0.39 is 18.1 Å². The van der Waals surface area contributed by atoms with Crippen LogP contribution in [-0.4, -0.2) is 40.0 Å². The van der Waals surface area contributed by atoms with Crippen LogP contribution in [0.2, 0.25) is 0 Å². The van der Waals surface area contributed by atoms with Crippen molar-refractivity contribution in [3.05, 3.63) is 0 Å². The summed E-state index contributed by atoms with van der Waals surface area (Å²) < 4.78 is 3.96. The van der Waals surface area contributed by atoms with Crippen LogP contribution in [0.5, 0.6) is 0 Å². The van der Waals surface area contributed by atoms with Gasteiger partial charge in [-0.15, -0.1) is 0 Å². The van der Waals surface area contributed by atoms with Crippen molar-refractivity contribution in [2.24, 2.45) is 0 Å².